The van der Waals surface area contributed by atoms with Crippen molar-refractivity contribution in [2.24, 2.45) is 4.99 Å². The molecule has 2 rings (SSSR count). The Morgan fingerprint density at radius 2 is 1.92 bits per heavy atom. The molecular formula is C17H26BrN5O2. The van der Waals surface area contributed by atoms with Crippen LogP contribution in [0.1, 0.15) is 10.4 Å². The highest BCUT2D eigenvalue weighted by Gasteiger charge is 2.09. The molecule has 8 heteroatoms. The van der Waals surface area contributed by atoms with Gasteiger partial charge in [0, 0.05) is 56.4 Å². The molecule has 1 amide bonds. The zero-order valence-corrected chi connectivity index (χ0v) is 16.1. The molecule has 138 valence electrons. The van der Waals surface area contributed by atoms with Crippen LogP contribution in [-0.2, 0) is 4.74 Å². The van der Waals surface area contributed by atoms with Crippen molar-refractivity contribution < 1.29 is 9.53 Å². The van der Waals surface area contributed by atoms with Crippen LogP contribution in [-0.4, -0.2) is 76.3 Å². The van der Waals surface area contributed by atoms with E-state index in [-0.39, 0.29) is 5.91 Å². The SMILES string of the molecule is CN=C(NCCNC(=O)c1cccc(Br)c1)NCCN1CCOCC1. The van der Waals surface area contributed by atoms with Crippen LogP contribution < -0.4 is 16.0 Å². The largest absolute Gasteiger partial charge is 0.379 e. The highest BCUT2D eigenvalue weighted by atomic mass is 79.9. The molecule has 0 unspecified atom stereocenters. The normalized spacial score (nSPS) is 15.7. The Bertz CT molecular complexity index is 576. The van der Waals surface area contributed by atoms with Crippen molar-refractivity contribution in [1.82, 2.24) is 20.9 Å². The molecule has 1 saturated heterocycles. The Morgan fingerprint density at radius 3 is 2.64 bits per heavy atom. The minimum atomic E-state index is -0.0848. The number of nitrogens with zero attached hydrogens (tertiary/aromatic N) is 2. The van der Waals surface area contributed by atoms with Gasteiger partial charge in [0.25, 0.3) is 5.91 Å². The van der Waals surface area contributed by atoms with Crippen LogP contribution in [0.3, 0.4) is 0 Å². The van der Waals surface area contributed by atoms with E-state index in [1.54, 1.807) is 19.2 Å². The van der Waals surface area contributed by atoms with Crippen molar-refractivity contribution in [2.75, 3.05) is 59.5 Å². The van der Waals surface area contributed by atoms with Gasteiger partial charge in [-0.1, -0.05) is 22.0 Å². The molecule has 0 bridgehead atoms. The van der Waals surface area contributed by atoms with Crippen molar-refractivity contribution >= 4 is 27.8 Å². The van der Waals surface area contributed by atoms with E-state index >= 15 is 0 Å². The molecule has 0 aromatic heterocycles. The predicted octanol–water partition coefficient (Wildman–Crippen LogP) is 0.676. The standard InChI is InChI=1S/C17H26BrN5O2/c1-19-17(22-7-8-23-9-11-25-12-10-23)21-6-5-20-16(24)14-3-2-4-15(18)13-14/h2-4,13H,5-12H2,1H3,(H,20,24)(H2,19,21,22). The number of morpholine rings is 1. The lowest BCUT2D eigenvalue weighted by Gasteiger charge is -2.26. The average molecular weight is 412 g/mol. The third-order valence-electron chi connectivity index (χ3n) is 3.84. The fraction of sp³-hybridized carbons (Fsp3) is 0.529. The maximum absolute atomic E-state index is 12.0. The number of halogens is 1. The Balaban J connectivity index is 1.59. The Labute approximate surface area is 157 Å². The van der Waals surface area contributed by atoms with Gasteiger partial charge in [0.2, 0.25) is 0 Å². The van der Waals surface area contributed by atoms with Crippen molar-refractivity contribution in [2.45, 2.75) is 0 Å². The second-order valence-electron chi connectivity index (χ2n) is 5.65. The monoisotopic (exact) mass is 411 g/mol. The minimum absolute atomic E-state index is 0.0848. The van der Waals surface area contributed by atoms with Gasteiger partial charge in [-0.05, 0) is 18.2 Å². The van der Waals surface area contributed by atoms with Gasteiger partial charge in [-0.2, -0.15) is 0 Å². The number of guanidine groups is 1. The van der Waals surface area contributed by atoms with E-state index in [0.717, 1.165) is 49.8 Å². The summed E-state index contributed by atoms with van der Waals surface area (Å²) >= 11 is 3.37. The summed E-state index contributed by atoms with van der Waals surface area (Å²) in [5, 5.41) is 9.36. The molecule has 1 aliphatic heterocycles. The minimum Gasteiger partial charge on any atom is -0.379 e. The Kier molecular flexibility index (Phi) is 8.71. The topological polar surface area (TPSA) is 78.0 Å². The van der Waals surface area contributed by atoms with Crippen molar-refractivity contribution in [3.05, 3.63) is 34.3 Å². The maximum Gasteiger partial charge on any atom is 0.251 e. The summed E-state index contributed by atoms with van der Waals surface area (Å²) in [7, 11) is 1.74. The molecule has 0 atom stereocenters. The first kappa shape index (κ1) is 19.7. The summed E-state index contributed by atoms with van der Waals surface area (Å²) in [6, 6.07) is 7.33. The third-order valence-corrected chi connectivity index (χ3v) is 4.33. The lowest BCUT2D eigenvalue weighted by atomic mass is 10.2. The van der Waals surface area contributed by atoms with Gasteiger partial charge in [-0.25, -0.2) is 0 Å². The molecular weight excluding hydrogens is 386 g/mol. The zero-order valence-electron chi connectivity index (χ0n) is 14.6. The summed E-state index contributed by atoms with van der Waals surface area (Å²) in [5.41, 5.74) is 0.641. The van der Waals surface area contributed by atoms with E-state index in [9.17, 15) is 4.79 Å². The summed E-state index contributed by atoms with van der Waals surface area (Å²) in [4.78, 5) is 18.6. The molecule has 1 aromatic rings. The van der Waals surface area contributed by atoms with E-state index in [1.165, 1.54) is 0 Å². The van der Waals surface area contributed by atoms with E-state index < -0.39 is 0 Å². The fourth-order valence-electron chi connectivity index (χ4n) is 2.47. The van der Waals surface area contributed by atoms with Crippen LogP contribution in [0.15, 0.2) is 33.7 Å². The lowest BCUT2D eigenvalue weighted by molar-refractivity contribution is 0.0389. The second kappa shape index (κ2) is 11.1. The summed E-state index contributed by atoms with van der Waals surface area (Å²) < 4.78 is 6.23. The highest BCUT2D eigenvalue weighted by Crippen LogP contribution is 2.11. The van der Waals surface area contributed by atoms with Crippen molar-refractivity contribution in [3.63, 3.8) is 0 Å². The number of aliphatic imine (C=N–C) groups is 1. The van der Waals surface area contributed by atoms with Gasteiger partial charge in [0.15, 0.2) is 5.96 Å². The molecule has 0 spiro atoms. The van der Waals surface area contributed by atoms with Gasteiger partial charge in [0.1, 0.15) is 0 Å². The summed E-state index contributed by atoms with van der Waals surface area (Å²) in [6.45, 7) is 6.50. The van der Waals surface area contributed by atoms with Crippen LogP contribution in [0, 0.1) is 0 Å². The van der Waals surface area contributed by atoms with E-state index in [1.807, 2.05) is 12.1 Å². The lowest BCUT2D eigenvalue weighted by Crippen LogP contribution is -2.45. The molecule has 1 aromatic carbocycles. The van der Waals surface area contributed by atoms with E-state index in [4.69, 9.17) is 4.74 Å². The maximum atomic E-state index is 12.0. The number of carbonyl (C=O) groups excluding carboxylic acids is 1. The molecule has 1 fully saturated rings. The molecule has 0 radical (unpaired) electrons. The van der Waals surface area contributed by atoms with Gasteiger partial charge < -0.3 is 20.7 Å². The Hall–Kier alpha value is -1.64. The quantitative estimate of drug-likeness (QED) is 0.349. The smallest absolute Gasteiger partial charge is 0.251 e. The first-order valence-corrected chi connectivity index (χ1v) is 9.26. The van der Waals surface area contributed by atoms with Crippen LogP contribution in [0.4, 0.5) is 0 Å². The molecule has 25 heavy (non-hydrogen) atoms. The summed E-state index contributed by atoms with van der Waals surface area (Å²) in [5.74, 6) is 0.656. The van der Waals surface area contributed by atoms with Crippen molar-refractivity contribution in [3.8, 4) is 0 Å². The molecule has 7 nitrogen and oxygen atoms in total. The average Bonchev–Trinajstić information content (AvgIpc) is 2.64. The summed E-state index contributed by atoms with van der Waals surface area (Å²) in [6.07, 6.45) is 0. The number of amides is 1. The molecule has 0 saturated carbocycles. The number of hydrogen-bond donors (Lipinski definition) is 3. The molecule has 1 heterocycles. The van der Waals surface area contributed by atoms with Gasteiger partial charge in [-0.3, -0.25) is 14.7 Å². The first-order valence-electron chi connectivity index (χ1n) is 8.47. The van der Waals surface area contributed by atoms with Gasteiger partial charge in [0.05, 0.1) is 13.2 Å². The zero-order chi connectivity index (χ0) is 17.9. The molecule has 1 aliphatic rings. The van der Waals surface area contributed by atoms with Gasteiger partial charge >= 0.3 is 0 Å². The number of hydrogen-bond acceptors (Lipinski definition) is 4. The van der Waals surface area contributed by atoms with Crippen molar-refractivity contribution in [1.29, 1.82) is 0 Å². The number of nitrogens with one attached hydrogen (secondary N) is 3. The predicted molar refractivity (Wildman–Crippen MR) is 103 cm³/mol. The second-order valence-corrected chi connectivity index (χ2v) is 6.56. The van der Waals surface area contributed by atoms with Crippen LogP contribution >= 0.6 is 15.9 Å². The van der Waals surface area contributed by atoms with Gasteiger partial charge in [-0.15, -0.1) is 0 Å². The first-order chi connectivity index (χ1) is 12.2. The highest BCUT2D eigenvalue weighted by molar-refractivity contribution is 9.10. The van der Waals surface area contributed by atoms with Crippen LogP contribution in [0.2, 0.25) is 0 Å². The third kappa shape index (κ3) is 7.41. The number of carbonyl (C=O) groups is 1. The van der Waals surface area contributed by atoms with E-state index in [2.05, 4.69) is 41.8 Å². The van der Waals surface area contributed by atoms with Crippen LogP contribution in [0.25, 0.3) is 0 Å². The van der Waals surface area contributed by atoms with E-state index in [0.29, 0.717) is 18.7 Å². The number of ether oxygens (including phenoxy) is 1. The Morgan fingerprint density at radius 1 is 1.20 bits per heavy atom. The molecule has 0 aliphatic carbocycles. The molecule has 3 N–H and O–H groups in total. The number of benzene rings is 1. The number of rotatable bonds is 7. The van der Waals surface area contributed by atoms with Crippen LogP contribution in [0.5, 0.6) is 0 Å². The fourth-order valence-corrected chi connectivity index (χ4v) is 2.87.